The molecule has 4 unspecified atom stereocenters. The highest BCUT2D eigenvalue weighted by molar-refractivity contribution is 5.80. The number of rotatable bonds is 2. The van der Waals surface area contributed by atoms with Gasteiger partial charge in [0, 0.05) is 17.3 Å². The van der Waals surface area contributed by atoms with Crippen molar-refractivity contribution in [3.63, 3.8) is 0 Å². The molecule has 4 aliphatic carbocycles. The van der Waals surface area contributed by atoms with Gasteiger partial charge in [0.05, 0.1) is 6.10 Å². The first kappa shape index (κ1) is 18.4. The van der Waals surface area contributed by atoms with Crippen LogP contribution in [0.4, 0.5) is 0 Å². The predicted molar refractivity (Wildman–Crippen MR) is 101 cm³/mol. The lowest BCUT2D eigenvalue weighted by molar-refractivity contribution is -0.135. The van der Waals surface area contributed by atoms with E-state index in [0.717, 1.165) is 38.5 Å². The number of ketones is 2. The summed E-state index contributed by atoms with van der Waals surface area (Å²) >= 11 is 0. The van der Waals surface area contributed by atoms with Crippen LogP contribution in [0.25, 0.3) is 0 Å². The summed E-state index contributed by atoms with van der Waals surface area (Å²) in [6.07, 6.45) is 8.85. The van der Waals surface area contributed by atoms with E-state index in [1.165, 1.54) is 5.57 Å². The molecule has 0 spiro atoms. The first-order valence-corrected chi connectivity index (χ1v) is 10.6. The van der Waals surface area contributed by atoms with E-state index in [0.29, 0.717) is 30.0 Å². The Bertz CT molecular complexity index is 664. The SMILES string of the molecule is CC(=O)C1C[C@H](O)CC2=CCC3C(CC[C@@]4(C)C3CC[C@@H]4C(C)=O)[C@@]21C. The Morgan fingerprint density at radius 3 is 2.38 bits per heavy atom. The number of aliphatic hydroxyl groups is 1. The van der Waals surface area contributed by atoms with Gasteiger partial charge in [-0.2, -0.15) is 0 Å². The van der Waals surface area contributed by atoms with Crippen LogP contribution in [0.1, 0.15) is 72.6 Å². The molecule has 0 aromatic rings. The molecule has 4 rings (SSSR count). The highest BCUT2D eigenvalue weighted by Gasteiger charge is 2.61. The highest BCUT2D eigenvalue weighted by Crippen LogP contribution is 2.67. The summed E-state index contributed by atoms with van der Waals surface area (Å²) in [6.45, 7) is 8.16. The molecule has 0 saturated heterocycles. The second-order valence-electron chi connectivity index (χ2n) is 10.2. The maximum atomic E-state index is 12.5. The van der Waals surface area contributed by atoms with Gasteiger partial charge < -0.3 is 5.11 Å². The molecule has 8 atom stereocenters. The van der Waals surface area contributed by atoms with Crippen LogP contribution in [0, 0.1) is 40.4 Å². The summed E-state index contributed by atoms with van der Waals surface area (Å²) < 4.78 is 0. The third kappa shape index (κ3) is 2.35. The van der Waals surface area contributed by atoms with E-state index < -0.39 is 0 Å². The third-order valence-corrected chi connectivity index (χ3v) is 9.20. The standard InChI is InChI=1S/C23H34O3/c1-13(24)18-7-8-19-17-6-5-15-11-16(26)12-21(14(2)25)23(15,4)20(17)9-10-22(18,19)3/h5,16-21,26H,6-12H2,1-4H3/t16-,17?,18-,19?,20?,21?,22-,23-/m1/s1. The van der Waals surface area contributed by atoms with Gasteiger partial charge in [-0.05, 0) is 82.0 Å². The molecule has 3 nitrogen and oxygen atoms in total. The van der Waals surface area contributed by atoms with E-state index in [1.54, 1.807) is 13.8 Å². The average molecular weight is 359 g/mol. The van der Waals surface area contributed by atoms with E-state index >= 15 is 0 Å². The number of allylic oxidation sites excluding steroid dienone is 1. The Hall–Kier alpha value is -0.960. The van der Waals surface area contributed by atoms with E-state index in [4.69, 9.17) is 0 Å². The van der Waals surface area contributed by atoms with Crippen molar-refractivity contribution in [3.05, 3.63) is 11.6 Å². The molecule has 3 saturated carbocycles. The molecule has 0 radical (unpaired) electrons. The minimum absolute atomic E-state index is 0.0559. The van der Waals surface area contributed by atoms with Crippen LogP contribution < -0.4 is 0 Å². The van der Waals surface area contributed by atoms with Crippen molar-refractivity contribution < 1.29 is 14.7 Å². The Balaban J connectivity index is 1.72. The van der Waals surface area contributed by atoms with E-state index in [-0.39, 0.29) is 34.6 Å². The molecular weight excluding hydrogens is 324 g/mol. The minimum Gasteiger partial charge on any atom is -0.393 e. The van der Waals surface area contributed by atoms with E-state index in [2.05, 4.69) is 19.9 Å². The quantitative estimate of drug-likeness (QED) is 0.748. The van der Waals surface area contributed by atoms with Gasteiger partial charge in [0.15, 0.2) is 0 Å². The number of fused-ring (bicyclic) bond motifs is 5. The van der Waals surface area contributed by atoms with Crippen molar-refractivity contribution in [3.8, 4) is 0 Å². The zero-order valence-electron chi connectivity index (χ0n) is 16.8. The summed E-state index contributed by atoms with van der Waals surface area (Å²) in [5, 5.41) is 10.3. The minimum atomic E-state index is -0.373. The van der Waals surface area contributed by atoms with Gasteiger partial charge in [-0.25, -0.2) is 0 Å². The fourth-order valence-corrected chi connectivity index (χ4v) is 7.99. The summed E-state index contributed by atoms with van der Waals surface area (Å²) in [5.41, 5.74) is 1.39. The lowest BCUT2D eigenvalue weighted by Crippen LogP contribution is -2.55. The summed E-state index contributed by atoms with van der Waals surface area (Å²) in [4.78, 5) is 24.8. The van der Waals surface area contributed by atoms with Crippen LogP contribution in [-0.4, -0.2) is 22.8 Å². The van der Waals surface area contributed by atoms with Gasteiger partial charge in [-0.1, -0.05) is 25.5 Å². The van der Waals surface area contributed by atoms with Gasteiger partial charge in [0.1, 0.15) is 11.6 Å². The number of hydrogen-bond acceptors (Lipinski definition) is 3. The van der Waals surface area contributed by atoms with Gasteiger partial charge in [-0.15, -0.1) is 0 Å². The van der Waals surface area contributed by atoms with Crippen LogP contribution >= 0.6 is 0 Å². The van der Waals surface area contributed by atoms with Crippen molar-refractivity contribution in [1.29, 1.82) is 0 Å². The number of hydrogen-bond donors (Lipinski definition) is 1. The Morgan fingerprint density at radius 2 is 1.73 bits per heavy atom. The Kier molecular flexibility index (Phi) is 4.26. The van der Waals surface area contributed by atoms with Gasteiger partial charge in [0.2, 0.25) is 0 Å². The second-order valence-corrected chi connectivity index (χ2v) is 10.2. The summed E-state index contributed by atoms with van der Waals surface area (Å²) in [5.74, 6) is 2.48. The molecule has 0 aromatic carbocycles. The monoisotopic (exact) mass is 358 g/mol. The average Bonchev–Trinajstić information content (AvgIpc) is 2.92. The molecule has 0 aromatic heterocycles. The zero-order valence-corrected chi connectivity index (χ0v) is 16.8. The lowest BCUT2D eigenvalue weighted by atomic mass is 9.44. The molecule has 26 heavy (non-hydrogen) atoms. The molecule has 0 heterocycles. The van der Waals surface area contributed by atoms with Crippen LogP contribution in [0.5, 0.6) is 0 Å². The molecule has 144 valence electrons. The number of Topliss-reactive ketones (excluding diaryl/α,β-unsaturated/α-hetero) is 2. The number of carbonyl (C=O) groups excluding carboxylic acids is 2. The Morgan fingerprint density at radius 1 is 1.04 bits per heavy atom. The van der Waals surface area contributed by atoms with E-state index in [1.807, 2.05) is 0 Å². The summed E-state index contributed by atoms with van der Waals surface area (Å²) in [6, 6.07) is 0. The first-order valence-electron chi connectivity index (χ1n) is 10.6. The van der Waals surface area contributed by atoms with Crippen molar-refractivity contribution in [2.45, 2.75) is 78.7 Å². The largest absolute Gasteiger partial charge is 0.393 e. The number of carbonyl (C=O) groups is 2. The molecule has 0 amide bonds. The molecular formula is C23H34O3. The lowest BCUT2D eigenvalue weighted by Gasteiger charge is -2.59. The fourth-order valence-electron chi connectivity index (χ4n) is 7.99. The smallest absolute Gasteiger partial charge is 0.133 e. The molecule has 0 bridgehead atoms. The van der Waals surface area contributed by atoms with Crippen molar-refractivity contribution in [2.75, 3.05) is 0 Å². The van der Waals surface area contributed by atoms with Crippen molar-refractivity contribution in [2.24, 2.45) is 40.4 Å². The summed E-state index contributed by atoms with van der Waals surface area (Å²) in [7, 11) is 0. The topological polar surface area (TPSA) is 54.4 Å². The van der Waals surface area contributed by atoms with Gasteiger partial charge >= 0.3 is 0 Å². The number of aliphatic hydroxyl groups excluding tert-OH is 1. The van der Waals surface area contributed by atoms with Crippen molar-refractivity contribution in [1.82, 2.24) is 0 Å². The Labute approximate surface area is 157 Å². The molecule has 0 aliphatic heterocycles. The van der Waals surface area contributed by atoms with Crippen LogP contribution in [0.3, 0.4) is 0 Å². The van der Waals surface area contributed by atoms with Gasteiger partial charge in [0.25, 0.3) is 0 Å². The maximum Gasteiger partial charge on any atom is 0.133 e. The van der Waals surface area contributed by atoms with Crippen LogP contribution in [0.15, 0.2) is 11.6 Å². The third-order valence-electron chi connectivity index (χ3n) is 9.20. The molecule has 3 heteroatoms. The van der Waals surface area contributed by atoms with Crippen LogP contribution in [-0.2, 0) is 9.59 Å². The van der Waals surface area contributed by atoms with Gasteiger partial charge in [-0.3, -0.25) is 9.59 Å². The highest BCUT2D eigenvalue weighted by atomic mass is 16.3. The predicted octanol–water partition coefficient (Wildman–Crippen LogP) is 4.33. The van der Waals surface area contributed by atoms with Crippen LogP contribution in [0.2, 0.25) is 0 Å². The van der Waals surface area contributed by atoms with E-state index in [9.17, 15) is 14.7 Å². The van der Waals surface area contributed by atoms with Crippen molar-refractivity contribution >= 4 is 11.6 Å². The molecule has 3 fully saturated rings. The molecule has 4 aliphatic rings. The fraction of sp³-hybridized carbons (Fsp3) is 0.826. The first-order chi connectivity index (χ1) is 12.2. The zero-order chi connectivity index (χ0) is 18.9. The maximum absolute atomic E-state index is 12.5. The normalized spacial score (nSPS) is 50.3. The molecule has 1 N–H and O–H groups in total. The second kappa shape index (κ2) is 6.02.